The van der Waals surface area contributed by atoms with Crippen molar-refractivity contribution in [3.05, 3.63) is 30.7 Å². The molecule has 0 unspecified atom stereocenters. The number of hydrogen-bond donors (Lipinski definition) is 3. The molecule has 3 aromatic rings. The molecule has 0 atom stereocenters. The van der Waals surface area contributed by atoms with Crippen LogP contribution < -0.4 is 10.6 Å². The fourth-order valence-corrected chi connectivity index (χ4v) is 2.68. The number of fused-ring (bicyclic) bond motifs is 1. The van der Waals surface area contributed by atoms with E-state index in [-0.39, 0.29) is 12.1 Å². The van der Waals surface area contributed by atoms with Gasteiger partial charge in [0, 0.05) is 37.2 Å². The number of anilines is 2. The van der Waals surface area contributed by atoms with Crippen molar-refractivity contribution >= 4 is 22.7 Å². The van der Waals surface area contributed by atoms with Crippen LogP contribution in [-0.2, 0) is 0 Å². The lowest BCUT2D eigenvalue weighted by molar-refractivity contribution is 0.142. The molecule has 0 aliphatic carbocycles. The zero-order chi connectivity index (χ0) is 14.4. The van der Waals surface area contributed by atoms with E-state index in [2.05, 4.69) is 24.8 Å². The molecule has 7 nitrogen and oxygen atoms in total. The largest absolute Gasteiger partial charge is 0.389 e. The number of pyridine rings is 1. The Bertz CT molecular complexity index is 808. The van der Waals surface area contributed by atoms with Crippen LogP contribution in [0.2, 0.25) is 0 Å². The van der Waals surface area contributed by atoms with Crippen molar-refractivity contribution in [3.63, 3.8) is 0 Å². The molecule has 0 bridgehead atoms. The molecule has 4 heterocycles. The van der Waals surface area contributed by atoms with Gasteiger partial charge in [-0.3, -0.25) is 0 Å². The Hall–Kier alpha value is -2.67. The van der Waals surface area contributed by atoms with Gasteiger partial charge in [-0.1, -0.05) is 0 Å². The van der Waals surface area contributed by atoms with Crippen LogP contribution in [0, 0.1) is 0 Å². The summed E-state index contributed by atoms with van der Waals surface area (Å²) in [5.41, 5.74) is 9.19. The monoisotopic (exact) mass is 282 g/mol. The molecule has 0 spiro atoms. The van der Waals surface area contributed by atoms with Gasteiger partial charge in [-0.2, -0.15) is 0 Å². The first-order valence-electron chi connectivity index (χ1n) is 6.70. The summed E-state index contributed by atoms with van der Waals surface area (Å²) in [6.07, 6.45) is 5.01. The number of nitrogens with two attached hydrogens (primary N) is 1. The first-order chi connectivity index (χ1) is 10.2. The number of aliphatic hydroxyl groups is 1. The van der Waals surface area contributed by atoms with Crippen LogP contribution in [0.15, 0.2) is 30.7 Å². The van der Waals surface area contributed by atoms with Crippen molar-refractivity contribution in [3.8, 4) is 11.3 Å². The summed E-state index contributed by atoms with van der Waals surface area (Å²) < 4.78 is 0. The van der Waals surface area contributed by atoms with Gasteiger partial charge < -0.3 is 20.7 Å². The van der Waals surface area contributed by atoms with Crippen LogP contribution in [0.25, 0.3) is 22.3 Å². The molecule has 21 heavy (non-hydrogen) atoms. The Kier molecular flexibility index (Phi) is 2.55. The van der Waals surface area contributed by atoms with Gasteiger partial charge in [-0.25, -0.2) is 15.0 Å². The van der Waals surface area contributed by atoms with Gasteiger partial charge in [-0.15, -0.1) is 0 Å². The molecular formula is C14H14N6O. The average Bonchev–Trinajstić information content (AvgIpc) is 2.88. The van der Waals surface area contributed by atoms with Crippen LogP contribution in [0.1, 0.15) is 0 Å². The molecule has 0 amide bonds. The van der Waals surface area contributed by atoms with Crippen LogP contribution in [0.5, 0.6) is 0 Å². The summed E-state index contributed by atoms with van der Waals surface area (Å²) in [6.45, 7) is 1.27. The van der Waals surface area contributed by atoms with Crippen LogP contribution >= 0.6 is 0 Å². The molecule has 1 aliphatic heterocycles. The number of hydrogen-bond acceptors (Lipinski definition) is 6. The molecular weight excluding hydrogens is 268 g/mol. The summed E-state index contributed by atoms with van der Waals surface area (Å²) in [7, 11) is 0. The molecule has 3 aromatic heterocycles. The Morgan fingerprint density at radius 3 is 2.81 bits per heavy atom. The highest BCUT2D eigenvalue weighted by Crippen LogP contribution is 2.35. The van der Waals surface area contributed by atoms with Crippen molar-refractivity contribution < 1.29 is 5.11 Å². The number of nitrogen functional groups attached to an aromatic ring is 1. The van der Waals surface area contributed by atoms with E-state index in [1.165, 1.54) is 0 Å². The fraction of sp³-hybridized carbons (Fsp3) is 0.214. The minimum atomic E-state index is -0.259. The Balaban J connectivity index is 1.90. The van der Waals surface area contributed by atoms with Gasteiger partial charge in [0.2, 0.25) is 5.95 Å². The van der Waals surface area contributed by atoms with Crippen molar-refractivity contribution in [1.82, 2.24) is 19.9 Å². The molecule has 1 fully saturated rings. The number of H-pyrrole nitrogens is 1. The number of aromatic amines is 1. The summed E-state index contributed by atoms with van der Waals surface area (Å²) >= 11 is 0. The minimum absolute atomic E-state index is 0.242. The van der Waals surface area contributed by atoms with E-state index in [0.29, 0.717) is 13.1 Å². The number of nitrogens with one attached hydrogen (secondary N) is 1. The summed E-state index contributed by atoms with van der Waals surface area (Å²) in [4.78, 5) is 17.8. The lowest BCUT2D eigenvalue weighted by Gasteiger charge is -2.38. The number of aliphatic hydroxyl groups excluding tert-OH is 1. The molecule has 4 N–H and O–H groups in total. The maximum Gasteiger partial charge on any atom is 0.220 e. The van der Waals surface area contributed by atoms with Crippen LogP contribution in [0.4, 0.5) is 11.6 Å². The second-order valence-corrected chi connectivity index (χ2v) is 5.11. The quantitative estimate of drug-likeness (QED) is 0.642. The van der Waals surface area contributed by atoms with E-state index in [0.717, 1.165) is 28.0 Å². The summed E-state index contributed by atoms with van der Waals surface area (Å²) in [6, 6.07) is 3.77. The van der Waals surface area contributed by atoms with E-state index in [1.54, 1.807) is 12.4 Å². The van der Waals surface area contributed by atoms with E-state index < -0.39 is 0 Å². The topological polar surface area (TPSA) is 104 Å². The number of aromatic nitrogens is 4. The third-order valence-corrected chi connectivity index (χ3v) is 3.70. The van der Waals surface area contributed by atoms with Gasteiger partial charge in [0.1, 0.15) is 5.65 Å². The zero-order valence-electron chi connectivity index (χ0n) is 11.2. The third-order valence-electron chi connectivity index (χ3n) is 3.70. The highest BCUT2D eigenvalue weighted by Gasteiger charge is 2.27. The molecule has 0 saturated carbocycles. The van der Waals surface area contributed by atoms with Crippen molar-refractivity contribution in [1.29, 1.82) is 0 Å². The zero-order valence-corrected chi connectivity index (χ0v) is 11.2. The second kappa shape index (κ2) is 4.42. The van der Waals surface area contributed by atoms with Crippen LogP contribution in [-0.4, -0.2) is 44.2 Å². The number of β-amino-alcohol motifs (C(OH)–C–C–N with tert-alkyl or cyclic N) is 1. The fourth-order valence-electron chi connectivity index (χ4n) is 2.68. The predicted octanol–water partition coefficient (Wildman–Crippen LogP) is 0.783. The van der Waals surface area contributed by atoms with Gasteiger partial charge >= 0.3 is 0 Å². The number of nitrogens with zero attached hydrogens (tertiary/aromatic N) is 4. The van der Waals surface area contributed by atoms with E-state index >= 15 is 0 Å². The van der Waals surface area contributed by atoms with E-state index in [1.807, 2.05) is 18.3 Å². The van der Waals surface area contributed by atoms with Gasteiger partial charge in [0.15, 0.2) is 0 Å². The van der Waals surface area contributed by atoms with Gasteiger partial charge in [0.05, 0.1) is 22.9 Å². The first-order valence-corrected chi connectivity index (χ1v) is 6.70. The lowest BCUT2D eigenvalue weighted by Crippen LogP contribution is -2.50. The highest BCUT2D eigenvalue weighted by atomic mass is 16.3. The Morgan fingerprint density at radius 1 is 1.24 bits per heavy atom. The van der Waals surface area contributed by atoms with Crippen LogP contribution in [0.3, 0.4) is 0 Å². The molecule has 7 heteroatoms. The van der Waals surface area contributed by atoms with E-state index in [9.17, 15) is 5.11 Å². The standard InChI is InChI=1S/C14H14N6O/c15-14-17-3-1-10(19-14)9-5-18-13-12(9)11(2-4-16-13)20-6-8(21)7-20/h1-5,8,21H,6-7H2,(H,16,18)(H2,15,17,19). The normalized spacial score (nSPS) is 15.4. The molecule has 0 radical (unpaired) electrons. The Labute approximate surface area is 120 Å². The third kappa shape index (κ3) is 1.90. The predicted molar refractivity (Wildman–Crippen MR) is 79.8 cm³/mol. The Morgan fingerprint density at radius 2 is 2.05 bits per heavy atom. The van der Waals surface area contributed by atoms with E-state index in [4.69, 9.17) is 5.73 Å². The van der Waals surface area contributed by atoms with Crippen molar-refractivity contribution in [2.45, 2.75) is 6.10 Å². The smallest absolute Gasteiger partial charge is 0.220 e. The maximum atomic E-state index is 9.52. The molecule has 0 aromatic carbocycles. The molecule has 4 rings (SSSR count). The van der Waals surface area contributed by atoms with Gasteiger partial charge in [-0.05, 0) is 12.1 Å². The average molecular weight is 282 g/mol. The molecule has 1 saturated heterocycles. The minimum Gasteiger partial charge on any atom is -0.389 e. The second-order valence-electron chi connectivity index (χ2n) is 5.11. The maximum absolute atomic E-state index is 9.52. The number of rotatable bonds is 2. The highest BCUT2D eigenvalue weighted by molar-refractivity contribution is 6.02. The molecule has 1 aliphatic rings. The lowest BCUT2D eigenvalue weighted by atomic mass is 10.1. The molecule has 106 valence electrons. The first kappa shape index (κ1) is 12.1. The summed E-state index contributed by atoms with van der Waals surface area (Å²) in [5.74, 6) is 0.242. The SMILES string of the molecule is Nc1nccc(-c2c[nH]c3nccc(N4CC(O)C4)c23)n1. The van der Waals surface area contributed by atoms with Crippen molar-refractivity contribution in [2.75, 3.05) is 23.7 Å². The van der Waals surface area contributed by atoms with Gasteiger partial charge in [0.25, 0.3) is 0 Å². The van der Waals surface area contributed by atoms with Crippen molar-refractivity contribution in [2.24, 2.45) is 0 Å². The summed E-state index contributed by atoms with van der Waals surface area (Å²) in [5, 5.41) is 10.5.